The van der Waals surface area contributed by atoms with Crippen LogP contribution in [0, 0.1) is 27.7 Å². The second-order valence-corrected chi connectivity index (χ2v) is 8.58. The van der Waals surface area contributed by atoms with Crippen molar-refractivity contribution in [3.05, 3.63) is 58.7 Å². The normalized spacial score (nSPS) is 11.2. The van der Waals surface area contributed by atoms with Gasteiger partial charge in [-0.1, -0.05) is 12.1 Å². The second kappa shape index (κ2) is 9.76. The Morgan fingerprint density at radius 3 is 1.82 bits per heavy atom. The van der Waals surface area contributed by atoms with Crippen LogP contribution in [0.1, 0.15) is 29.2 Å². The highest BCUT2D eigenvalue weighted by atomic mass is 31.2. The van der Waals surface area contributed by atoms with Crippen molar-refractivity contribution in [2.45, 2.75) is 34.6 Å². The number of carbonyl (C=O) groups excluding carboxylic acids is 1. The summed E-state index contributed by atoms with van der Waals surface area (Å²) >= 11 is 0. The van der Waals surface area contributed by atoms with Crippen LogP contribution >= 0.6 is 7.60 Å². The van der Waals surface area contributed by atoms with Crippen LogP contribution in [0.15, 0.2) is 36.4 Å². The first-order valence-corrected chi connectivity index (χ1v) is 10.9. The highest BCUT2D eigenvalue weighted by Crippen LogP contribution is 2.48. The Kier molecular flexibility index (Phi) is 7.67. The van der Waals surface area contributed by atoms with Crippen molar-refractivity contribution in [1.82, 2.24) is 5.32 Å². The van der Waals surface area contributed by atoms with Gasteiger partial charge in [-0.15, -0.1) is 0 Å². The molecular formula is C21H28NO5P. The Labute approximate surface area is 166 Å². The molecule has 0 heterocycles. The molecule has 0 saturated heterocycles. The molecule has 0 saturated carbocycles. The molecular weight excluding hydrogens is 377 g/mol. The number of rotatable bonds is 9. The van der Waals surface area contributed by atoms with Gasteiger partial charge in [0.1, 0.15) is 17.8 Å². The van der Waals surface area contributed by atoms with Gasteiger partial charge in [-0.3, -0.25) is 10.1 Å². The Hall–Kier alpha value is -2.30. The van der Waals surface area contributed by atoms with Crippen LogP contribution in [0.25, 0.3) is 0 Å². The SMILES string of the molecule is CCOC(=O)CNCP(=O)(Oc1ccc(C)c(C)c1)Oc1ccc(C)c(C)c1. The molecule has 2 aromatic carbocycles. The molecule has 1 N–H and O–H groups in total. The van der Waals surface area contributed by atoms with Crippen LogP contribution in [-0.4, -0.2) is 25.4 Å². The maximum Gasteiger partial charge on any atom is 0.444 e. The van der Waals surface area contributed by atoms with E-state index in [0.29, 0.717) is 11.5 Å². The molecule has 0 unspecified atom stereocenters. The monoisotopic (exact) mass is 405 g/mol. The number of carbonyl (C=O) groups is 1. The number of hydrogen-bond acceptors (Lipinski definition) is 6. The molecule has 0 atom stereocenters. The molecule has 6 nitrogen and oxygen atoms in total. The highest BCUT2D eigenvalue weighted by molar-refractivity contribution is 7.54. The lowest BCUT2D eigenvalue weighted by Crippen LogP contribution is -2.27. The zero-order chi connectivity index (χ0) is 20.7. The van der Waals surface area contributed by atoms with E-state index in [1.54, 1.807) is 19.1 Å². The van der Waals surface area contributed by atoms with E-state index >= 15 is 0 Å². The topological polar surface area (TPSA) is 73.9 Å². The van der Waals surface area contributed by atoms with E-state index in [2.05, 4.69) is 5.32 Å². The average molecular weight is 405 g/mol. The molecule has 0 aliphatic carbocycles. The Morgan fingerprint density at radius 2 is 1.39 bits per heavy atom. The Bertz CT molecular complexity index is 824. The molecule has 0 aliphatic rings. The van der Waals surface area contributed by atoms with Crippen molar-refractivity contribution < 1.29 is 23.1 Å². The van der Waals surface area contributed by atoms with Crippen LogP contribution in [0.2, 0.25) is 0 Å². The lowest BCUT2D eigenvalue weighted by molar-refractivity contribution is -0.141. The summed E-state index contributed by atoms with van der Waals surface area (Å²) in [4.78, 5) is 11.6. The van der Waals surface area contributed by atoms with E-state index in [9.17, 15) is 9.36 Å². The van der Waals surface area contributed by atoms with Gasteiger partial charge in [0.15, 0.2) is 0 Å². The van der Waals surface area contributed by atoms with Crippen LogP contribution in [0.3, 0.4) is 0 Å². The van der Waals surface area contributed by atoms with E-state index in [1.807, 2.05) is 52.0 Å². The molecule has 7 heteroatoms. The van der Waals surface area contributed by atoms with Crippen molar-refractivity contribution in [2.24, 2.45) is 0 Å². The third-order valence-electron chi connectivity index (χ3n) is 4.33. The molecule has 2 aromatic rings. The van der Waals surface area contributed by atoms with Gasteiger partial charge in [-0.2, -0.15) is 0 Å². The summed E-state index contributed by atoms with van der Waals surface area (Å²) in [6, 6.07) is 10.9. The first kappa shape index (κ1) is 22.0. The van der Waals surface area contributed by atoms with E-state index in [4.69, 9.17) is 13.8 Å². The van der Waals surface area contributed by atoms with E-state index in [-0.39, 0.29) is 19.4 Å². The molecule has 0 bridgehead atoms. The summed E-state index contributed by atoms with van der Waals surface area (Å²) in [6.07, 6.45) is -0.133. The van der Waals surface area contributed by atoms with Crippen molar-refractivity contribution in [3.8, 4) is 11.5 Å². The molecule has 0 fully saturated rings. The van der Waals surface area contributed by atoms with Crippen molar-refractivity contribution >= 4 is 13.6 Å². The van der Waals surface area contributed by atoms with Gasteiger partial charge in [0, 0.05) is 0 Å². The van der Waals surface area contributed by atoms with Crippen LogP contribution < -0.4 is 14.4 Å². The molecule has 152 valence electrons. The van der Waals surface area contributed by atoms with Crippen molar-refractivity contribution in [2.75, 3.05) is 19.4 Å². The molecule has 0 spiro atoms. The number of ether oxygens (including phenoxy) is 1. The minimum absolute atomic E-state index is 0.0790. The first-order chi connectivity index (χ1) is 13.2. The second-order valence-electron chi connectivity index (χ2n) is 6.68. The fourth-order valence-corrected chi connectivity index (χ4v) is 3.87. The predicted octanol–water partition coefficient (Wildman–Crippen LogP) is 4.68. The maximum absolute atomic E-state index is 13.4. The zero-order valence-corrected chi connectivity index (χ0v) is 18.0. The van der Waals surface area contributed by atoms with Gasteiger partial charge in [0.2, 0.25) is 0 Å². The van der Waals surface area contributed by atoms with E-state index in [0.717, 1.165) is 22.3 Å². The number of benzene rings is 2. The molecule has 2 rings (SSSR count). The average Bonchev–Trinajstić information content (AvgIpc) is 2.61. The lowest BCUT2D eigenvalue weighted by atomic mass is 10.1. The van der Waals surface area contributed by atoms with Crippen LogP contribution in [0.4, 0.5) is 0 Å². The number of esters is 1. The highest BCUT2D eigenvalue weighted by Gasteiger charge is 2.28. The fourth-order valence-electron chi connectivity index (χ4n) is 2.45. The van der Waals surface area contributed by atoms with E-state index in [1.165, 1.54) is 0 Å². The van der Waals surface area contributed by atoms with Crippen molar-refractivity contribution in [3.63, 3.8) is 0 Å². The lowest BCUT2D eigenvalue weighted by Gasteiger charge is -2.21. The third kappa shape index (κ3) is 6.39. The summed E-state index contributed by atoms with van der Waals surface area (Å²) in [6.45, 7) is 9.83. The summed E-state index contributed by atoms with van der Waals surface area (Å²) in [7, 11) is -3.63. The number of aryl methyl sites for hydroxylation is 4. The summed E-state index contributed by atoms with van der Waals surface area (Å²) in [5, 5.41) is 2.82. The van der Waals surface area contributed by atoms with Gasteiger partial charge >= 0.3 is 13.6 Å². The Morgan fingerprint density at radius 1 is 0.893 bits per heavy atom. The third-order valence-corrected chi connectivity index (χ3v) is 5.91. The maximum atomic E-state index is 13.4. The molecule has 0 amide bonds. The number of nitrogens with one attached hydrogen (secondary N) is 1. The summed E-state index contributed by atoms with van der Waals surface area (Å²) in [5.41, 5.74) is 4.26. The van der Waals surface area contributed by atoms with Gasteiger partial charge < -0.3 is 13.8 Å². The van der Waals surface area contributed by atoms with Crippen LogP contribution in [0.5, 0.6) is 11.5 Å². The van der Waals surface area contributed by atoms with Crippen molar-refractivity contribution in [1.29, 1.82) is 0 Å². The van der Waals surface area contributed by atoms with Gasteiger partial charge in [0.25, 0.3) is 0 Å². The largest absolute Gasteiger partial charge is 0.465 e. The molecule has 0 aromatic heterocycles. The molecule has 0 aliphatic heterocycles. The van der Waals surface area contributed by atoms with Gasteiger partial charge in [-0.05, 0) is 81.1 Å². The molecule has 0 radical (unpaired) electrons. The quantitative estimate of drug-likeness (QED) is 0.482. The van der Waals surface area contributed by atoms with Crippen LogP contribution in [-0.2, 0) is 14.1 Å². The van der Waals surface area contributed by atoms with Gasteiger partial charge in [0.05, 0.1) is 13.2 Å². The minimum atomic E-state index is -3.63. The predicted molar refractivity (Wildman–Crippen MR) is 110 cm³/mol. The number of hydrogen-bond donors (Lipinski definition) is 1. The summed E-state index contributed by atoms with van der Waals surface area (Å²) < 4.78 is 29.8. The Balaban J connectivity index is 2.19. The van der Waals surface area contributed by atoms with E-state index < -0.39 is 13.6 Å². The summed E-state index contributed by atoms with van der Waals surface area (Å²) in [5.74, 6) is 0.479. The fraction of sp³-hybridized carbons (Fsp3) is 0.381. The standard InChI is InChI=1S/C21H28NO5P/c1-6-25-21(23)13-22-14-28(24,26-19-9-7-15(2)17(4)11-19)27-20-10-8-16(3)18(5)12-20/h7-12,22H,6,13-14H2,1-5H3. The molecule has 28 heavy (non-hydrogen) atoms. The minimum Gasteiger partial charge on any atom is -0.465 e. The first-order valence-electron chi connectivity index (χ1n) is 9.21. The smallest absolute Gasteiger partial charge is 0.444 e. The van der Waals surface area contributed by atoms with Gasteiger partial charge in [-0.25, -0.2) is 4.57 Å². The zero-order valence-electron chi connectivity index (χ0n) is 17.1.